The zero-order valence-corrected chi connectivity index (χ0v) is 14.3. The summed E-state index contributed by atoms with van der Waals surface area (Å²) in [7, 11) is 0. The summed E-state index contributed by atoms with van der Waals surface area (Å²) >= 11 is 1.26. The molecule has 0 bridgehead atoms. The summed E-state index contributed by atoms with van der Waals surface area (Å²) < 4.78 is 41.2. The van der Waals surface area contributed by atoms with E-state index >= 15 is 0 Å². The molecular weight excluding hydrogens is 379 g/mol. The molecule has 0 unspecified atom stereocenters. The Kier molecular flexibility index (Phi) is 4.32. The molecule has 0 saturated carbocycles. The van der Waals surface area contributed by atoms with Crippen molar-refractivity contribution < 1.29 is 18.0 Å². The van der Waals surface area contributed by atoms with Gasteiger partial charge in [-0.3, -0.25) is 10.1 Å². The van der Waals surface area contributed by atoms with Gasteiger partial charge in [0, 0.05) is 28.9 Å². The number of halogens is 3. The third kappa shape index (κ3) is 3.26. The van der Waals surface area contributed by atoms with Crippen molar-refractivity contribution in [2.75, 3.05) is 5.32 Å². The average Bonchev–Trinajstić information content (AvgIpc) is 3.30. The molecule has 1 N–H and O–H groups in total. The molecule has 0 aliphatic rings. The number of pyridine rings is 1. The molecule has 6 nitrogen and oxygen atoms in total. The van der Waals surface area contributed by atoms with Crippen molar-refractivity contribution in [1.82, 2.24) is 19.6 Å². The van der Waals surface area contributed by atoms with Crippen LogP contribution in [0.25, 0.3) is 17.0 Å². The van der Waals surface area contributed by atoms with E-state index < -0.39 is 23.7 Å². The normalized spacial score (nSPS) is 11.3. The third-order valence-corrected chi connectivity index (χ3v) is 4.44. The lowest BCUT2D eigenvalue weighted by Crippen LogP contribution is -2.13. The lowest BCUT2D eigenvalue weighted by Gasteiger charge is -2.05. The predicted molar refractivity (Wildman–Crippen MR) is 93.4 cm³/mol. The number of carbonyl (C=O) groups is 1. The molecule has 10 heteroatoms. The summed E-state index contributed by atoms with van der Waals surface area (Å²) in [4.78, 5) is 20.7. The molecule has 0 fully saturated rings. The molecule has 4 rings (SSSR count). The first-order chi connectivity index (χ1) is 13.0. The summed E-state index contributed by atoms with van der Waals surface area (Å²) in [6, 6.07) is 6.13. The highest BCUT2D eigenvalue weighted by Crippen LogP contribution is 2.30. The van der Waals surface area contributed by atoms with E-state index in [4.69, 9.17) is 0 Å². The molecule has 0 spiro atoms. The zero-order chi connectivity index (χ0) is 19.0. The van der Waals surface area contributed by atoms with Gasteiger partial charge >= 0.3 is 0 Å². The van der Waals surface area contributed by atoms with Gasteiger partial charge in [-0.05, 0) is 30.3 Å². The summed E-state index contributed by atoms with van der Waals surface area (Å²) in [5.41, 5.74) is -0.126. The van der Waals surface area contributed by atoms with Crippen molar-refractivity contribution in [2.45, 2.75) is 6.43 Å². The molecule has 0 radical (unpaired) electrons. The number of aromatic nitrogens is 4. The highest BCUT2D eigenvalue weighted by atomic mass is 32.1. The number of carbonyl (C=O) groups excluding carboxylic acids is 1. The zero-order valence-electron chi connectivity index (χ0n) is 13.4. The van der Waals surface area contributed by atoms with Gasteiger partial charge in [-0.1, -0.05) is 0 Å². The Bertz CT molecular complexity index is 1130. The Morgan fingerprint density at radius 1 is 1.26 bits per heavy atom. The first-order valence-electron chi connectivity index (χ1n) is 7.67. The SMILES string of the molecule is O=C(Nc1nccs1)c1cccn2nc(-c3ccc(F)cc3C(F)F)nc12. The van der Waals surface area contributed by atoms with E-state index in [0.29, 0.717) is 5.13 Å². The quantitative estimate of drug-likeness (QED) is 0.568. The van der Waals surface area contributed by atoms with Crippen LogP contribution in [-0.4, -0.2) is 25.5 Å². The lowest BCUT2D eigenvalue weighted by atomic mass is 10.1. The Morgan fingerprint density at radius 3 is 2.85 bits per heavy atom. The minimum Gasteiger partial charge on any atom is -0.298 e. The van der Waals surface area contributed by atoms with Crippen molar-refractivity contribution >= 4 is 28.0 Å². The molecular formula is C17H10F3N5OS. The van der Waals surface area contributed by atoms with Crippen LogP contribution >= 0.6 is 11.3 Å². The van der Waals surface area contributed by atoms with Crippen LogP contribution < -0.4 is 5.32 Å². The molecule has 0 saturated heterocycles. The van der Waals surface area contributed by atoms with Crippen LogP contribution in [0.4, 0.5) is 18.3 Å². The fourth-order valence-corrected chi connectivity index (χ4v) is 3.09. The Morgan fingerprint density at radius 2 is 2.11 bits per heavy atom. The van der Waals surface area contributed by atoms with Gasteiger partial charge in [0.05, 0.1) is 5.56 Å². The number of hydrogen-bond acceptors (Lipinski definition) is 5. The maximum atomic E-state index is 13.3. The second-order valence-electron chi connectivity index (χ2n) is 5.45. The van der Waals surface area contributed by atoms with Crippen LogP contribution in [0.15, 0.2) is 48.1 Å². The minimum atomic E-state index is -2.89. The van der Waals surface area contributed by atoms with Gasteiger partial charge in [-0.25, -0.2) is 27.7 Å². The number of hydrogen-bond donors (Lipinski definition) is 1. The topological polar surface area (TPSA) is 72.2 Å². The summed E-state index contributed by atoms with van der Waals surface area (Å²) in [6.45, 7) is 0. The monoisotopic (exact) mass is 389 g/mol. The molecule has 1 aromatic carbocycles. The highest BCUT2D eigenvalue weighted by molar-refractivity contribution is 7.13. The maximum Gasteiger partial charge on any atom is 0.264 e. The number of benzene rings is 1. The number of amides is 1. The Labute approximate surface area is 154 Å². The standard InChI is InChI=1S/C17H10F3N5OS/c18-9-3-4-10(12(8-9)13(19)20)14-22-15-11(2-1-6-25(15)24-14)16(26)23-17-21-5-7-27-17/h1-8,13H,(H,21,23,26). The van der Waals surface area contributed by atoms with Gasteiger partial charge in [0.2, 0.25) is 0 Å². The average molecular weight is 389 g/mol. The van der Waals surface area contributed by atoms with Crippen molar-refractivity contribution in [2.24, 2.45) is 0 Å². The number of nitrogens with one attached hydrogen (secondary N) is 1. The molecule has 0 atom stereocenters. The van der Waals surface area contributed by atoms with Crippen LogP contribution in [0.2, 0.25) is 0 Å². The van der Waals surface area contributed by atoms with Crippen LogP contribution in [0.3, 0.4) is 0 Å². The number of thiazole rings is 1. The number of fused-ring (bicyclic) bond motifs is 1. The fraction of sp³-hybridized carbons (Fsp3) is 0.0588. The minimum absolute atomic E-state index is 0.00128. The van der Waals surface area contributed by atoms with Gasteiger partial charge in [0.25, 0.3) is 12.3 Å². The van der Waals surface area contributed by atoms with E-state index in [1.54, 1.807) is 17.6 Å². The van der Waals surface area contributed by atoms with Crippen LogP contribution in [-0.2, 0) is 0 Å². The number of nitrogens with zero attached hydrogens (tertiary/aromatic N) is 4. The van der Waals surface area contributed by atoms with E-state index in [2.05, 4.69) is 20.4 Å². The first kappa shape index (κ1) is 17.2. The summed E-state index contributed by atoms with van der Waals surface area (Å²) in [5.74, 6) is -1.26. The Hall–Kier alpha value is -3.27. The molecule has 3 heterocycles. The van der Waals surface area contributed by atoms with Crippen LogP contribution in [0.1, 0.15) is 22.3 Å². The van der Waals surface area contributed by atoms with Gasteiger partial charge in [0.15, 0.2) is 16.6 Å². The molecule has 0 aliphatic carbocycles. The van der Waals surface area contributed by atoms with Crippen molar-refractivity contribution in [3.63, 3.8) is 0 Å². The molecule has 27 heavy (non-hydrogen) atoms. The smallest absolute Gasteiger partial charge is 0.264 e. The number of alkyl halides is 2. The molecule has 4 aromatic rings. The second kappa shape index (κ2) is 6.80. The van der Waals surface area contributed by atoms with E-state index in [1.165, 1.54) is 34.2 Å². The predicted octanol–water partition coefficient (Wildman–Crippen LogP) is 4.18. The first-order valence-corrected chi connectivity index (χ1v) is 8.55. The highest BCUT2D eigenvalue weighted by Gasteiger charge is 2.21. The van der Waals surface area contributed by atoms with Crippen molar-refractivity contribution in [1.29, 1.82) is 0 Å². The lowest BCUT2D eigenvalue weighted by molar-refractivity contribution is 0.102. The third-order valence-electron chi connectivity index (χ3n) is 3.75. The van der Waals surface area contributed by atoms with Crippen LogP contribution in [0, 0.1) is 5.82 Å². The van der Waals surface area contributed by atoms with Gasteiger partial charge in [-0.15, -0.1) is 16.4 Å². The van der Waals surface area contributed by atoms with Gasteiger partial charge < -0.3 is 0 Å². The van der Waals surface area contributed by atoms with E-state index in [-0.39, 0.29) is 22.6 Å². The van der Waals surface area contributed by atoms with Crippen molar-refractivity contribution in [3.8, 4) is 11.4 Å². The Balaban J connectivity index is 1.79. The largest absolute Gasteiger partial charge is 0.298 e. The van der Waals surface area contributed by atoms with E-state index in [1.807, 2.05) is 0 Å². The summed E-state index contributed by atoms with van der Waals surface area (Å²) in [5, 5.41) is 8.92. The number of rotatable bonds is 4. The van der Waals surface area contributed by atoms with E-state index in [0.717, 1.165) is 12.1 Å². The second-order valence-corrected chi connectivity index (χ2v) is 6.34. The molecule has 0 aliphatic heterocycles. The number of anilines is 1. The van der Waals surface area contributed by atoms with E-state index in [9.17, 15) is 18.0 Å². The van der Waals surface area contributed by atoms with Crippen LogP contribution in [0.5, 0.6) is 0 Å². The maximum absolute atomic E-state index is 13.3. The van der Waals surface area contributed by atoms with Gasteiger partial charge in [0.1, 0.15) is 5.82 Å². The molecule has 136 valence electrons. The van der Waals surface area contributed by atoms with Crippen molar-refractivity contribution in [3.05, 3.63) is 65.0 Å². The molecule has 3 aromatic heterocycles. The van der Waals surface area contributed by atoms with Gasteiger partial charge in [-0.2, -0.15) is 0 Å². The molecule has 1 amide bonds. The summed E-state index contributed by atoms with van der Waals surface area (Å²) in [6.07, 6.45) is 0.198. The fourth-order valence-electron chi connectivity index (χ4n) is 2.56.